The normalized spacial score (nSPS) is 13.5. The molecule has 0 radical (unpaired) electrons. The van der Waals surface area contributed by atoms with E-state index in [-0.39, 0.29) is 5.63 Å². The van der Waals surface area contributed by atoms with Crippen LogP contribution < -0.4 is 10.4 Å². The molecule has 2 aromatic carbocycles. The van der Waals surface area contributed by atoms with E-state index in [9.17, 15) is 4.79 Å². The van der Waals surface area contributed by atoms with Crippen LogP contribution in [0.1, 0.15) is 28.7 Å². The van der Waals surface area contributed by atoms with E-state index in [1.165, 1.54) is 0 Å². The molecule has 1 aliphatic rings. The summed E-state index contributed by atoms with van der Waals surface area (Å²) in [6.07, 6.45) is 6.76. The molecule has 3 aromatic rings. The molecule has 0 spiro atoms. The Morgan fingerprint density at radius 3 is 2.76 bits per heavy atom. The third-order valence-corrected chi connectivity index (χ3v) is 4.62. The van der Waals surface area contributed by atoms with Gasteiger partial charge in [0.15, 0.2) is 0 Å². The van der Waals surface area contributed by atoms with Crippen LogP contribution in [-0.4, -0.2) is 6.61 Å². The average molecular weight is 332 g/mol. The standard InChI is InChI=1S/C22H20O3/c1-15-13-19(24-12-6-9-16-7-3-2-4-8-16)21-17-10-5-11-18(17)22(23)25-20(21)14-15/h2-4,6-9,13-14H,5,10-12H2,1H3/b9-6+. The predicted octanol–water partition coefficient (Wildman–Crippen LogP) is 4.68. The Morgan fingerprint density at radius 1 is 1.12 bits per heavy atom. The molecule has 0 N–H and O–H groups in total. The van der Waals surface area contributed by atoms with Crippen LogP contribution in [0.15, 0.2) is 57.8 Å². The van der Waals surface area contributed by atoms with E-state index in [0.29, 0.717) is 12.2 Å². The van der Waals surface area contributed by atoms with Crippen molar-refractivity contribution in [2.75, 3.05) is 6.61 Å². The molecule has 126 valence electrons. The van der Waals surface area contributed by atoms with E-state index >= 15 is 0 Å². The van der Waals surface area contributed by atoms with E-state index < -0.39 is 0 Å². The molecular weight excluding hydrogens is 312 g/mol. The molecule has 1 aromatic heterocycles. The van der Waals surface area contributed by atoms with E-state index in [1.807, 2.05) is 49.4 Å². The summed E-state index contributed by atoms with van der Waals surface area (Å²) < 4.78 is 11.6. The zero-order chi connectivity index (χ0) is 17.2. The fraction of sp³-hybridized carbons (Fsp3) is 0.227. The Bertz CT molecular complexity index is 997. The molecule has 4 rings (SSSR count). The Morgan fingerprint density at radius 2 is 1.92 bits per heavy atom. The molecule has 3 heteroatoms. The van der Waals surface area contributed by atoms with Crippen LogP contribution in [0.3, 0.4) is 0 Å². The number of benzene rings is 2. The van der Waals surface area contributed by atoms with Crippen molar-refractivity contribution in [1.29, 1.82) is 0 Å². The molecule has 0 fully saturated rings. The van der Waals surface area contributed by atoms with E-state index in [4.69, 9.17) is 9.15 Å². The lowest BCUT2D eigenvalue weighted by molar-refractivity contribution is 0.367. The van der Waals surface area contributed by atoms with Gasteiger partial charge < -0.3 is 9.15 Å². The van der Waals surface area contributed by atoms with Gasteiger partial charge in [-0.15, -0.1) is 0 Å². The van der Waals surface area contributed by atoms with Crippen molar-refractivity contribution in [3.63, 3.8) is 0 Å². The first kappa shape index (κ1) is 15.7. The second-order valence-electron chi connectivity index (χ2n) is 6.46. The van der Waals surface area contributed by atoms with Gasteiger partial charge in [-0.1, -0.05) is 36.4 Å². The molecule has 0 unspecified atom stereocenters. The highest BCUT2D eigenvalue weighted by Crippen LogP contribution is 2.35. The second kappa shape index (κ2) is 6.60. The molecular formula is C22H20O3. The summed E-state index contributed by atoms with van der Waals surface area (Å²) in [6.45, 7) is 2.46. The van der Waals surface area contributed by atoms with Crippen LogP contribution in [-0.2, 0) is 12.8 Å². The number of hydrogen-bond acceptors (Lipinski definition) is 3. The van der Waals surface area contributed by atoms with E-state index in [2.05, 4.69) is 12.1 Å². The van der Waals surface area contributed by atoms with Crippen LogP contribution in [0, 0.1) is 6.92 Å². The van der Waals surface area contributed by atoms with Gasteiger partial charge in [-0.2, -0.15) is 0 Å². The molecule has 25 heavy (non-hydrogen) atoms. The summed E-state index contributed by atoms with van der Waals surface area (Å²) >= 11 is 0. The van der Waals surface area contributed by atoms with Gasteiger partial charge in [0, 0.05) is 5.56 Å². The summed E-state index contributed by atoms with van der Waals surface area (Å²) in [7, 11) is 0. The summed E-state index contributed by atoms with van der Waals surface area (Å²) in [5.41, 5.74) is 4.53. The van der Waals surface area contributed by atoms with Gasteiger partial charge in [0.25, 0.3) is 0 Å². The fourth-order valence-electron chi connectivity index (χ4n) is 3.51. The highest BCUT2D eigenvalue weighted by molar-refractivity contribution is 5.88. The van der Waals surface area contributed by atoms with Gasteiger partial charge >= 0.3 is 5.63 Å². The van der Waals surface area contributed by atoms with Crippen LogP contribution in [0.5, 0.6) is 5.75 Å². The maximum absolute atomic E-state index is 12.1. The maximum atomic E-state index is 12.1. The summed E-state index contributed by atoms with van der Waals surface area (Å²) in [5, 5.41) is 0.964. The Hall–Kier alpha value is -2.81. The Balaban J connectivity index is 1.66. The van der Waals surface area contributed by atoms with Crippen LogP contribution in [0.2, 0.25) is 0 Å². The van der Waals surface area contributed by atoms with Crippen molar-refractivity contribution >= 4 is 17.0 Å². The van der Waals surface area contributed by atoms with Crippen molar-refractivity contribution < 1.29 is 9.15 Å². The molecule has 0 saturated heterocycles. The Kier molecular flexibility index (Phi) is 4.14. The van der Waals surface area contributed by atoms with Gasteiger partial charge in [0.1, 0.15) is 17.9 Å². The lowest BCUT2D eigenvalue weighted by Gasteiger charge is -2.11. The summed E-state index contributed by atoms with van der Waals surface area (Å²) in [5.74, 6) is 0.801. The van der Waals surface area contributed by atoms with E-state index in [0.717, 1.165) is 52.7 Å². The lowest BCUT2D eigenvalue weighted by atomic mass is 10.0. The van der Waals surface area contributed by atoms with Crippen molar-refractivity contribution in [1.82, 2.24) is 0 Å². The number of rotatable bonds is 4. The van der Waals surface area contributed by atoms with Crippen LogP contribution in [0.25, 0.3) is 17.0 Å². The molecule has 1 heterocycles. The molecule has 1 aliphatic carbocycles. The molecule has 0 saturated carbocycles. The van der Waals surface area contributed by atoms with Crippen molar-refractivity contribution in [3.8, 4) is 5.75 Å². The lowest BCUT2D eigenvalue weighted by Crippen LogP contribution is -2.08. The van der Waals surface area contributed by atoms with Gasteiger partial charge in [0.05, 0.1) is 5.39 Å². The molecule has 0 amide bonds. The summed E-state index contributed by atoms with van der Waals surface area (Å²) in [4.78, 5) is 12.1. The van der Waals surface area contributed by atoms with Gasteiger partial charge in [-0.25, -0.2) is 4.79 Å². The Labute approximate surface area is 146 Å². The van der Waals surface area contributed by atoms with Crippen LogP contribution in [0.4, 0.5) is 0 Å². The monoisotopic (exact) mass is 332 g/mol. The largest absolute Gasteiger partial charge is 0.489 e. The molecule has 0 aliphatic heterocycles. The number of ether oxygens (including phenoxy) is 1. The van der Waals surface area contributed by atoms with Crippen LogP contribution >= 0.6 is 0 Å². The highest BCUT2D eigenvalue weighted by Gasteiger charge is 2.22. The third kappa shape index (κ3) is 3.10. The van der Waals surface area contributed by atoms with Crippen molar-refractivity contribution in [2.45, 2.75) is 26.2 Å². The fourth-order valence-corrected chi connectivity index (χ4v) is 3.51. The minimum absolute atomic E-state index is 0.194. The first-order valence-corrected chi connectivity index (χ1v) is 8.66. The first-order valence-electron chi connectivity index (χ1n) is 8.66. The van der Waals surface area contributed by atoms with Gasteiger partial charge in [-0.3, -0.25) is 0 Å². The number of hydrogen-bond donors (Lipinski definition) is 0. The SMILES string of the molecule is Cc1cc(OC/C=C/c2ccccc2)c2c3c(c(=O)oc2c1)CCC3. The van der Waals surface area contributed by atoms with Crippen molar-refractivity contribution in [2.24, 2.45) is 0 Å². The third-order valence-electron chi connectivity index (χ3n) is 4.62. The first-order chi connectivity index (χ1) is 12.2. The number of fused-ring (bicyclic) bond motifs is 3. The molecule has 0 atom stereocenters. The topological polar surface area (TPSA) is 39.4 Å². The average Bonchev–Trinajstić information content (AvgIpc) is 3.09. The molecule has 0 bridgehead atoms. The second-order valence-corrected chi connectivity index (χ2v) is 6.46. The van der Waals surface area contributed by atoms with Gasteiger partial charge in [0.2, 0.25) is 0 Å². The zero-order valence-electron chi connectivity index (χ0n) is 14.2. The highest BCUT2D eigenvalue weighted by atomic mass is 16.5. The predicted molar refractivity (Wildman–Crippen MR) is 100 cm³/mol. The zero-order valence-corrected chi connectivity index (χ0v) is 14.2. The minimum Gasteiger partial charge on any atom is -0.489 e. The van der Waals surface area contributed by atoms with Gasteiger partial charge in [-0.05, 0) is 61.1 Å². The summed E-state index contributed by atoms with van der Waals surface area (Å²) in [6, 6.07) is 14.1. The quantitative estimate of drug-likeness (QED) is 0.651. The van der Waals surface area contributed by atoms with E-state index in [1.54, 1.807) is 0 Å². The van der Waals surface area contributed by atoms with Crippen molar-refractivity contribution in [3.05, 3.63) is 81.2 Å². The minimum atomic E-state index is -0.194. The smallest absolute Gasteiger partial charge is 0.339 e. The molecule has 3 nitrogen and oxygen atoms in total. The number of aryl methyl sites for hydroxylation is 2. The maximum Gasteiger partial charge on any atom is 0.339 e.